The SMILES string of the molecule is Cn1nnc(CN(CCN)CC(F)F)n1. The van der Waals surface area contributed by atoms with Crippen LogP contribution in [0.2, 0.25) is 0 Å². The van der Waals surface area contributed by atoms with E-state index in [9.17, 15) is 8.78 Å². The van der Waals surface area contributed by atoms with Gasteiger partial charge in [-0.25, -0.2) is 8.78 Å². The maximum absolute atomic E-state index is 12.2. The summed E-state index contributed by atoms with van der Waals surface area (Å²) in [4.78, 5) is 2.79. The molecule has 0 aliphatic rings. The van der Waals surface area contributed by atoms with E-state index in [1.165, 1.54) is 9.70 Å². The van der Waals surface area contributed by atoms with Crippen LogP contribution in [0.4, 0.5) is 8.78 Å². The van der Waals surface area contributed by atoms with Gasteiger partial charge in [0.2, 0.25) is 0 Å². The summed E-state index contributed by atoms with van der Waals surface area (Å²) in [5.74, 6) is 0.423. The molecule has 0 aromatic carbocycles. The van der Waals surface area contributed by atoms with Crippen LogP contribution in [0, 0.1) is 0 Å². The monoisotopic (exact) mass is 220 g/mol. The molecule has 0 aliphatic heterocycles. The Morgan fingerprint density at radius 3 is 2.73 bits per heavy atom. The number of alkyl halides is 2. The number of tetrazole rings is 1. The first-order valence-electron chi connectivity index (χ1n) is 4.55. The molecule has 1 aromatic heterocycles. The number of aryl methyl sites for hydroxylation is 1. The minimum atomic E-state index is -2.38. The number of hydrogen-bond donors (Lipinski definition) is 1. The normalized spacial score (nSPS) is 11.6. The highest BCUT2D eigenvalue weighted by molar-refractivity contribution is 4.77. The first-order valence-corrected chi connectivity index (χ1v) is 4.55. The third-order valence-corrected chi connectivity index (χ3v) is 1.76. The van der Waals surface area contributed by atoms with Gasteiger partial charge in [-0.15, -0.1) is 10.2 Å². The quantitative estimate of drug-likeness (QED) is 0.682. The van der Waals surface area contributed by atoms with E-state index in [1.807, 2.05) is 0 Å². The smallest absolute Gasteiger partial charge is 0.251 e. The molecular formula is C7H14F2N6. The Morgan fingerprint density at radius 1 is 1.53 bits per heavy atom. The molecule has 15 heavy (non-hydrogen) atoms. The van der Waals surface area contributed by atoms with E-state index in [-0.39, 0.29) is 13.1 Å². The fourth-order valence-electron chi connectivity index (χ4n) is 1.20. The van der Waals surface area contributed by atoms with Crippen LogP contribution in [0.15, 0.2) is 0 Å². The Balaban J connectivity index is 2.50. The molecule has 86 valence electrons. The summed E-state index contributed by atoms with van der Waals surface area (Å²) < 4.78 is 24.3. The Morgan fingerprint density at radius 2 is 2.27 bits per heavy atom. The summed E-state index contributed by atoms with van der Waals surface area (Å²) in [5.41, 5.74) is 5.32. The molecule has 1 rings (SSSR count). The fraction of sp³-hybridized carbons (Fsp3) is 0.857. The molecule has 8 heteroatoms. The van der Waals surface area contributed by atoms with E-state index >= 15 is 0 Å². The Labute approximate surface area is 86.0 Å². The van der Waals surface area contributed by atoms with Crippen molar-refractivity contribution in [2.75, 3.05) is 19.6 Å². The van der Waals surface area contributed by atoms with E-state index in [0.29, 0.717) is 18.9 Å². The Bertz CT molecular complexity index is 289. The molecule has 6 nitrogen and oxygen atoms in total. The zero-order valence-electron chi connectivity index (χ0n) is 8.48. The van der Waals surface area contributed by atoms with Crippen molar-refractivity contribution >= 4 is 0 Å². The van der Waals surface area contributed by atoms with Gasteiger partial charge in [0.25, 0.3) is 6.43 Å². The van der Waals surface area contributed by atoms with Gasteiger partial charge in [0.05, 0.1) is 20.1 Å². The van der Waals surface area contributed by atoms with Gasteiger partial charge in [0.1, 0.15) is 0 Å². The van der Waals surface area contributed by atoms with Gasteiger partial charge in [0, 0.05) is 13.1 Å². The van der Waals surface area contributed by atoms with Crippen molar-refractivity contribution in [3.05, 3.63) is 5.82 Å². The highest BCUT2D eigenvalue weighted by Crippen LogP contribution is 2.01. The summed E-state index contributed by atoms with van der Waals surface area (Å²) in [6, 6.07) is 0. The van der Waals surface area contributed by atoms with E-state index in [0.717, 1.165) is 0 Å². The first kappa shape index (κ1) is 11.9. The summed E-state index contributed by atoms with van der Waals surface area (Å²) >= 11 is 0. The second-order valence-corrected chi connectivity index (χ2v) is 3.11. The fourth-order valence-corrected chi connectivity index (χ4v) is 1.20. The van der Waals surface area contributed by atoms with Crippen molar-refractivity contribution in [3.63, 3.8) is 0 Å². The van der Waals surface area contributed by atoms with Crippen molar-refractivity contribution in [2.45, 2.75) is 13.0 Å². The van der Waals surface area contributed by atoms with E-state index in [2.05, 4.69) is 15.4 Å². The summed E-state index contributed by atoms with van der Waals surface area (Å²) in [7, 11) is 1.62. The lowest BCUT2D eigenvalue weighted by molar-refractivity contribution is 0.0850. The van der Waals surface area contributed by atoms with Crippen molar-refractivity contribution in [1.29, 1.82) is 0 Å². The topological polar surface area (TPSA) is 72.9 Å². The zero-order valence-corrected chi connectivity index (χ0v) is 8.48. The Kier molecular flexibility index (Phi) is 4.50. The maximum atomic E-state index is 12.2. The average Bonchev–Trinajstić information content (AvgIpc) is 2.50. The number of hydrogen-bond acceptors (Lipinski definition) is 5. The van der Waals surface area contributed by atoms with Gasteiger partial charge < -0.3 is 5.73 Å². The second kappa shape index (κ2) is 5.66. The van der Waals surface area contributed by atoms with E-state index in [1.54, 1.807) is 7.05 Å². The molecule has 0 atom stereocenters. The van der Waals surface area contributed by atoms with Crippen LogP contribution in [0.5, 0.6) is 0 Å². The molecule has 0 saturated carbocycles. The first-order chi connectivity index (χ1) is 7.11. The van der Waals surface area contributed by atoms with Crippen LogP contribution in [0.3, 0.4) is 0 Å². The largest absolute Gasteiger partial charge is 0.329 e. The predicted molar refractivity (Wildman–Crippen MR) is 49.1 cm³/mol. The van der Waals surface area contributed by atoms with Gasteiger partial charge in [-0.1, -0.05) is 0 Å². The van der Waals surface area contributed by atoms with Gasteiger partial charge >= 0.3 is 0 Å². The van der Waals surface area contributed by atoms with Crippen LogP contribution < -0.4 is 5.73 Å². The predicted octanol–water partition coefficient (Wildman–Crippen LogP) is -0.764. The molecule has 0 unspecified atom stereocenters. The average molecular weight is 220 g/mol. The standard InChI is InChI=1S/C7H14F2N6/c1-14-12-7(11-13-14)5-15(3-2-10)4-6(8)9/h6H,2-5,10H2,1H3. The lowest BCUT2D eigenvalue weighted by Gasteiger charge is -2.18. The second-order valence-electron chi connectivity index (χ2n) is 3.11. The molecule has 1 heterocycles. The third-order valence-electron chi connectivity index (χ3n) is 1.76. The minimum Gasteiger partial charge on any atom is -0.329 e. The van der Waals surface area contributed by atoms with E-state index < -0.39 is 6.43 Å². The number of aromatic nitrogens is 4. The zero-order chi connectivity index (χ0) is 11.3. The number of rotatable bonds is 6. The van der Waals surface area contributed by atoms with Crippen molar-refractivity contribution < 1.29 is 8.78 Å². The summed E-state index contributed by atoms with van der Waals surface area (Å²) in [6.07, 6.45) is -2.38. The van der Waals surface area contributed by atoms with Crippen LogP contribution in [0.1, 0.15) is 5.82 Å². The van der Waals surface area contributed by atoms with Crippen molar-refractivity contribution in [3.8, 4) is 0 Å². The van der Waals surface area contributed by atoms with Crippen LogP contribution >= 0.6 is 0 Å². The highest BCUT2D eigenvalue weighted by Gasteiger charge is 2.13. The summed E-state index contributed by atoms with van der Waals surface area (Å²) in [6.45, 7) is 0.639. The molecule has 1 aromatic rings. The van der Waals surface area contributed by atoms with Gasteiger partial charge in [0.15, 0.2) is 5.82 Å². The third kappa shape index (κ3) is 4.26. The molecular weight excluding hydrogens is 206 g/mol. The molecule has 0 amide bonds. The molecule has 0 radical (unpaired) electrons. The number of halogens is 2. The number of nitrogens with two attached hydrogens (primary N) is 1. The van der Waals surface area contributed by atoms with Crippen LogP contribution in [-0.2, 0) is 13.6 Å². The Hall–Kier alpha value is -1.15. The van der Waals surface area contributed by atoms with Gasteiger partial charge in [-0.2, -0.15) is 4.80 Å². The van der Waals surface area contributed by atoms with Gasteiger partial charge in [-0.3, -0.25) is 4.90 Å². The maximum Gasteiger partial charge on any atom is 0.251 e. The van der Waals surface area contributed by atoms with E-state index in [4.69, 9.17) is 5.73 Å². The van der Waals surface area contributed by atoms with Crippen LogP contribution in [0.25, 0.3) is 0 Å². The van der Waals surface area contributed by atoms with Crippen molar-refractivity contribution in [1.82, 2.24) is 25.1 Å². The van der Waals surface area contributed by atoms with Crippen LogP contribution in [-0.4, -0.2) is 51.2 Å². The minimum absolute atomic E-state index is 0.245. The molecule has 0 bridgehead atoms. The molecule has 0 fully saturated rings. The highest BCUT2D eigenvalue weighted by atomic mass is 19.3. The lowest BCUT2D eigenvalue weighted by Crippen LogP contribution is -2.33. The number of nitrogens with zero attached hydrogens (tertiary/aromatic N) is 5. The molecule has 0 saturated heterocycles. The lowest BCUT2D eigenvalue weighted by atomic mass is 10.4. The van der Waals surface area contributed by atoms with Crippen molar-refractivity contribution in [2.24, 2.45) is 12.8 Å². The summed E-state index contributed by atoms with van der Waals surface area (Å²) in [5, 5.41) is 11.2. The molecule has 2 N–H and O–H groups in total. The molecule has 0 aliphatic carbocycles. The van der Waals surface area contributed by atoms with Gasteiger partial charge in [-0.05, 0) is 5.21 Å². The molecule has 0 spiro atoms.